The molecule has 2 fully saturated rings. The number of rotatable bonds is 5. The van der Waals surface area contributed by atoms with E-state index in [0.717, 1.165) is 51.1 Å². The monoisotopic (exact) mass is 286 g/mol. The van der Waals surface area contributed by atoms with Gasteiger partial charge in [-0.1, -0.05) is 6.42 Å². The highest BCUT2D eigenvalue weighted by Crippen LogP contribution is 2.27. The van der Waals surface area contributed by atoms with Gasteiger partial charge in [0.05, 0.1) is 11.4 Å². The molecular formula is C14H26N2O2S. The van der Waals surface area contributed by atoms with Crippen molar-refractivity contribution in [1.29, 1.82) is 0 Å². The van der Waals surface area contributed by atoms with Crippen molar-refractivity contribution < 1.29 is 9.53 Å². The lowest BCUT2D eigenvalue weighted by atomic mass is 10.1. The molecule has 0 saturated carbocycles. The van der Waals surface area contributed by atoms with Crippen molar-refractivity contribution in [2.45, 2.75) is 49.9 Å². The van der Waals surface area contributed by atoms with Crippen molar-refractivity contribution in [2.24, 2.45) is 5.73 Å². The Hall–Kier alpha value is -0.260. The van der Waals surface area contributed by atoms with Crippen molar-refractivity contribution in [3.8, 4) is 0 Å². The van der Waals surface area contributed by atoms with E-state index < -0.39 is 0 Å². The van der Waals surface area contributed by atoms with Crippen molar-refractivity contribution in [3.63, 3.8) is 0 Å². The normalized spacial score (nSPS) is 25.5. The van der Waals surface area contributed by atoms with E-state index in [0.29, 0.717) is 18.6 Å². The van der Waals surface area contributed by atoms with Gasteiger partial charge in [-0.2, -0.15) is 0 Å². The third kappa shape index (κ3) is 4.65. The summed E-state index contributed by atoms with van der Waals surface area (Å²) in [6, 6.07) is 0. The molecule has 0 aromatic carbocycles. The molecule has 5 heteroatoms. The lowest BCUT2D eigenvalue weighted by Gasteiger charge is -2.34. The Kier molecular flexibility index (Phi) is 6.47. The number of nitrogens with zero attached hydrogens (tertiary/aromatic N) is 1. The number of amides is 1. The van der Waals surface area contributed by atoms with E-state index in [1.807, 2.05) is 16.7 Å². The topological polar surface area (TPSA) is 55.6 Å². The van der Waals surface area contributed by atoms with E-state index >= 15 is 0 Å². The van der Waals surface area contributed by atoms with Gasteiger partial charge in [0.1, 0.15) is 0 Å². The van der Waals surface area contributed by atoms with Gasteiger partial charge >= 0.3 is 0 Å². The molecule has 1 amide bonds. The lowest BCUT2D eigenvalue weighted by Crippen LogP contribution is -2.45. The first-order valence-corrected chi connectivity index (χ1v) is 8.58. The number of piperidine rings is 1. The van der Waals surface area contributed by atoms with E-state index in [4.69, 9.17) is 10.5 Å². The second kappa shape index (κ2) is 8.12. The Morgan fingerprint density at radius 3 is 2.68 bits per heavy atom. The molecule has 2 aliphatic heterocycles. The maximum Gasteiger partial charge on any atom is 0.235 e. The van der Waals surface area contributed by atoms with Crippen LogP contribution in [0.3, 0.4) is 0 Å². The standard InChI is InChI=1S/C14H26N2O2S/c15-7-3-10-18-12-5-8-16(9-6-12)14(17)13-4-1-2-11-19-13/h12-13H,1-11,15H2. The molecule has 4 nitrogen and oxygen atoms in total. The summed E-state index contributed by atoms with van der Waals surface area (Å²) in [6.45, 7) is 3.18. The summed E-state index contributed by atoms with van der Waals surface area (Å²) >= 11 is 1.85. The summed E-state index contributed by atoms with van der Waals surface area (Å²) in [5.41, 5.74) is 5.45. The third-order valence-electron chi connectivity index (χ3n) is 3.91. The second-order valence-corrected chi connectivity index (χ2v) is 6.70. The molecule has 2 saturated heterocycles. The van der Waals surface area contributed by atoms with Gasteiger partial charge in [-0.05, 0) is 44.4 Å². The number of hydrogen-bond donors (Lipinski definition) is 1. The van der Waals surface area contributed by atoms with Crippen LogP contribution in [0.25, 0.3) is 0 Å². The van der Waals surface area contributed by atoms with E-state index in [2.05, 4.69) is 0 Å². The molecule has 0 aromatic heterocycles. The fourth-order valence-corrected chi connectivity index (χ4v) is 4.00. The van der Waals surface area contributed by atoms with Crippen LogP contribution < -0.4 is 5.73 Å². The Labute approximate surface area is 120 Å². The Bertz CT molecular complexity index is 275. The summed E-state index contributed by atoms with van der Waals surface area (Å²) in [5, 5.41) is 0.225. The molecule has 0 radical (unpaired) electrons. The quantitative estimate of drug-likeness (QED) is 0.781. The van der Waals surface area contributed by atoms with Crippen molar-refractivity contribution in [2.75, 3.05) is 32.0 Å². The minimum atomic E-state index is 0.225. The van der Waals surface area contributed by atoms with Crippen LogP contribution in [0.5, 0.6) is 0 Å². The van der Waals surface area contributed by atoms with Gasteiger partial charge < -0.3 is 15.4 Å². The highest BCUT2D eigenvalue weighted by atomic mass is 32.2. The van der Waals surface area contributed by atoms with Crippen LogP contribution in [0.2, 0.25) is 0 Å². The maximum absolute atomic E-state index is 12.4. The number of thioether (sulfide) groups is 1. The molecule has 19 heavy (non-hydrogen) atoms. The van der Waals surface area contributed by atoms with Crippen LogP contribution >= 0.6 is 11.8 Å². The predicted molar refractivity (Wildman–Crippen MR) is 79.3 cm³/mol. The van der Waals surface area contributed by atoms with Gasteiger partial charge in [0.15, 0.2) is 0 Å². The minimum Gasteiger partial charge on any atom is -0.378 e. The molecule has 0 bridgehead atoms. The van der Waals surface area contributed by atoms with E-state index in [-0.39, 0.29) is 5.25 Å². The average Bonchev–Trinajstić information content (AvgIpc) is 2.48. The number of likely N-dealkylation sites (tertiary alicyclic amines) is 1. The van der Waals surface area contributed by atoms with Crippen LogP contribution in [0.15, 0.2) is 0 Å². The first-order valence-electron chi connectivity index (χ1n) is 7.53. The SMILES string of the molecule is NCCCOC1CCN(C(=O)C2CCCCS2)CC1. The van der Waals surface area contributed by atoms with E-state index in [9.17, 15) is 4.79 Å². The zero-order valence-corrected chi connectivity index (χ0v) is 12.5. The molecule has 1 unspecified atom stereocenters. The van der Waals surface area contributed by atoms with Gasteiger partial charge in [0.25, 0.3) is 0 Å². The second-order valence-electron chi connectivity index (χ2n) is 5.39. The number of carbonyl (C=O) groups is 1. The Morgan fingerprint density at radius 2 is 2.05 bits per heavy atom. The van der Waals surface area contributed by atoms with Crippen molar-refractivity contribution >= 4 is 17.7 Å². The molecule has 2 aliphatic rings. The summed E-state index contributed by atoms with van der Waals surface area (Å²) in [4.78, 5) is 14.4. The summed E-state index contributed by atoms with van der Waals surface area (Å²) in [7, 11) is 0. The number of carbonyl (C=O) groups excluding carboxylic acids is 1. The highest BCUT2D eigenvalue weighted by molar-refractivity contribution is 8.00. The number of hydrogen-bond acceptors (Lipinski definition) is 4. The molecule has 2 heterocycles. The molecule has 0 spiro atoms. The molecule has 1 atom stereocenters. The lowest BCUT2D eigenvalue weighted by molar-refractivity contribution is -0.133. The van der Waals surface area contributed by atoms with Crippen LogP contribution in [-0.2, 0) is 9.53 Å². The van der Waals surface area contributed by atoms with Crippen LogP contribution in [0.1, 0.15) is 38.5 Å². The number of ether oxygens (including phenoxy) is 1. The first-order chi connectivity index (χ1) is 9.31. The highest BCUT2D eigenvalue weighted by Gasteiger charge is 2.29. The Morgan fingerprint density at radius 1 is 1.26 bits per heavy atom. The maximum atomic E-state index is 12.4. The smallest absolute Gasteiger partial charge is 0.235 e. The van der Waals surface area contributed by atoms with Gasteiger partial charge in [-0.3, -0.25) is 4.79 Å². The molecule has 2 rings (SSSR count). The van der Waals surface area contributed by atoms with Crippen LogP contribution in [0.4, 0.5) is 0 Å². The van der Waals surface area contributed by atoms with Gasteiger partial charge in [-0.25, -0.2) is 0 Å². The summed E-state index contributed by atoms with van der Waals surface area (Å²) in [6.07, 6.45) is 6.76. The van der Waals surface area contributed by atoms with Gasteiger partial charge in [0.2, 0.25) is 5.91 Å². The van der Waals surface area contributed by atoms with Crippen molar-refractivity contribution in [1.82, 2.24) is 4.90 Å². The van der Waals surface area contributed by atoms with E-state index in [1.165, 1.54) is 12.8 Å². The average molecular weight is 286 g/mol. The van der Waals surface area contributed by atoms with Gasteiger partial charge in [-0.15, -0.1) is 11.8 Å². The van der Waals surface area contributed by atoms with Crippen molar-refractivity contribution in [3.05, 3.63) is 0 Å². The predicted octanol–water partition coefficient (Wildman–Crippen LogP) is 1.63. The molecular weight excluding hydrogens is 260 g/mol. The fourth-order valence-electron chi connectivity index (χ4n) is 2.72. The molecule has 110 valence electrons. The zero-order chi connectivity index (χ0) is 13.5. The largest absolute Gasteiger partial charge is 0.378 e. The van der Waals surface area contributed by atoms with Crippen LogP contribution in [0, 0.1) is 0 Å². The Balaban J connectivity index is 1.68. The number of nitrogens with two attached hydrogens (primary N) is 1. The van der Waals surface area contributed by atoms with Crippen LogP contribution in [-0.4, -0.2) is 54.2 Å². The molecule has 0 aromatic rings. The molecule has 2 N–H and O–H groups in total. The van der Waals surface area contributed by atoms with Gasteiger partial charge in [0, 0.05) is 19.7 Å². The fraction of sp³-hybridized carbons (Fsp3) is 0.929. The van der Waals surface area contributed by atoms with E-state index in [1.54, 1.807) is 0 Å². The zero-order valence-electron chi connectivity index (χ0n) is 11.7. The first kappa shape index (κ1) is 15.1. The minimum absolute atomic E-state index is 0.225. The third-order valence-corrected chi connectivity index (χ3v) is 5.27. The summed E-state index contributed by atoms with van der Waals surface area (Å²) in [5.74, 6) is 1.51. The molecule has 0 aliphatic carbocycles. The summed E-state index contributed by atoms with van der Waals surface area (Å²) < 4.78 is 5.77.